The summed E-state index contributed by atoms with van der Waals surface area (Å²) in [5.41, 5.74) is 0. The molecule has 0 aliphatic heterocycles. The molecule has 0 bridgehead atoms. The number of allylic oxidation sites excluding steroid dienone is 6. The maximum atomic E-state index is 10.3. The molecule has 0 saturated carbocycles. The molecule has 0 aromatic heterocycles. The summed E-state index contributed by atoms with van der Waals surface area (Å²) in [6.07, 6.45) is 23.4. The minimum atomic E-state index is -0.716. The zero-order valence-corrected chi connectivity index (χ0v) is 12.9. The Morgan fingerprint density at radius 2 is 1.35 bits per heavy atom. The van der Waals surface area contributed by atoms with Gasteiger partial charge in [-0.2, -0.15) is 0 Å². The molecule has 2 nitrogen and oxygen atoms in total. The van der Waals surface area contributed by atoms with Crippen LogP contribution in [-0.2, 0) is 4.79 Å². The smallest absolute Gasteiger partial charge is 0.303 e. The molecule has 0 saturated heterocycles. The Labute approximate surface area is 124 Å². The van der Waals surface area contributed by atoms with Crippen LogP contribution in [-0.4, -0.2) is 11.1 Å². The Balaban J connectivity index is 3.34. The minimum Gasteiger partial charge on any atom is -0.481 e. The Kier molecular flexibility index (Phi) is 14.7. The average molecular weight is 278 g/mol. The summed E-state index contributed by atoms with van der Waals surface area (Å²) >= 11 is 0. The van der Waals surface area contributed by atoms with Crippen molar-refractivity contribution in [2.24, 2.45) is 0 Å². The number of hydrogen-bond donors (Lipinski definition) is 1. The van der Waals surface area contributed by atoms with Gasteiger partial charge in [-0.05, 0) is 25.7 Å². The topological polar surface area (TPSA) is 37.3 Å². The molecule has 0 radical (unpaired) electrons. The van der Waals surface area contributed by atoms with Crippen LogP contribution in [0.5, 0.6) is 0 Å². The van der Waals surface area contributed by atoms with Gasteiger partial charge in [-0.25, -0.2) is 0 Å². The van der Waals surface area contributed by atoms with Crippen molar-refractivity contribution in [1.82, 2.24) is 0 Å². The molecule has 0 amide bonds. The number of carboxylic acids is 1. The van der Waals surface area contributed by atoms with E-state index in [1.807, 2.05) is 24.3 Å². The van der Waals surface area contributed by atoms with Gasteiger partial charge in [-0.1, -0.05) is 75.5 Å². The van der Waals surface area contributed by atoms with Crippen molar-refractivity contribution < 1.29 is 9.90 Å². The number of hydrogen-bond acceptors (Lipinski definition) is 1. The molecule has 0 heterocycles. The zero-order valence-electron chi connectivity index (χ0n) is 12.9. The monoisotopic (exact) mass is 278 g/mol. The van der Waals surface area contributed by atoms with Crippen LogP contribution in [0.25, 0.3) is 0 Å². The van der Waals surface area contributed by atoms with Crippen LogP contribution < -0.4 is 0 Å². The summed E-state index contributed by atoms with van der Waals surface area (Å²) in [6.45, 7) is 2.25. The van der Waals surface area contributed by atoms with Gasteiger partial charge in [-0.15, -0.1) is 0 Å². The summed E-state index contributed by atoms with van der Waals surface area (Å²) in [4.78, 5) is 10.3. The fourth-order valence-electron chi connectivity index (χ4n) is 1.89. The third kappa shape index (κ3) is 16.7. The van der Waals surface area contributed by atoms with Crippen molar-refractivity contribution in [1.29, 1.82) is 0 Å². The highest BCUT2D eigenvalue weighted by Crippen LogP contribution is 2.07. The molecule has 2 heteroatoms. The number of rotatable bonds is 13. The van der Waals surface area contributed by atoms with Crippen LogP contribution in [0.15, 0.2) is 36.5 Å². The first-order chi connectivity index (χ1) is 9.77. The molecule has 0 unspecified atom stereocenters. The molecule has 20 heavy (non-hydrogen) atoms. The lowest BCUT2D eigenvalue weighted by molar-refractivity contribution is -0.137. The summed E-state index contributed by atoms with van der Waals surface area (Å²) < 4.78 is 0. The lowest BCUT2D eigenvalue weighted by Gasteiger charge is -1.97. The van der Waals surface area contributed by atoms with Crippen molar-refractivity contribution in [3.05, 3.63) is 36.5 Å². The second kappa shape index (κ2) is 15.7. The van der Waals surface area contributed by atoms with E-state index in [0.717, 1.165) is 6.42 Å². The molecule has 0 atom stereocenters. The highest BCUT2D eigenvalue weighted by molar-refractivity contribution is 5.66. The molecule has 0 rings (SSSR count). The predicted octanol–water partition coefficient (Wildman–Crippen LogP) is 5.66. The maximum absolute atomic E-state index is 10.3. The standard InChI is InChI=1S/C18H30O2/c1-2-3-4-5-6-7-8-9-10-11-12-13-14-15-16-17-18(19)20/h9-14H,2-8,15-17H2,1H3,(H,19,20)/b10-9-,12-11+,14-13+. The molecule has 0 aromatic carbocycles. The molecular formula is C18H30O2. The summed E-state index contributed by atoms with van der Waals surface area (Å²) in [5, 5.41) is 8.47. The summed E-state index contributed by atoms with van der Waals surface area (Å²) in [7, 11) is 0. The van der Waals surface area contributed by atoms with E-state index in [1.165, 1.54) is 44.9 Å². The number of aliphatic carboxylic acids is 1. The predicted molar refractivity (Wildman–Crippen MR) is 86.9 cm³/mol. The van der Waals surface area contributed by atoms with E-state index in [0.29, 0.717) is 6.42 Å². The van der Waals surface area contributed by atoms with E-state index in [9.17, 15) is 4.79 Å². The van der Waals surface area contributed by atoms with Crippen LogP contribution in [0.1, 0.15) is 71.1 Å². The van der Waals surface area contributed by atoms with E-state index >= 15 is 0 Å². The number of carboxylic acid groups (broad SMARTS) is 1. The lowest BCUT2D eigenvalue weighted by atomic mass is 10.1. The van der Waals surface area contributed by atoms with Crippen molar-refractivity contribution >= 4 is 5.97 Å². The zero-order chi connectivity index (χ0) is 14.9. The highest BCUT2D eigenvalue weighted by Gasteiger charge is 1.92. The molecule has 0 aliphatic rings. The molecule has 0 spiro atoms. The van der Waals surface area contributed by atoms with Crippen molar-refractivity contribution in [3.63, 3.8) is 0 Å². The molecule has 0 aliphatic carbocycles. The molecule has 114 valence electrons. The van der Waals surface area contributed by atoms with Gasteiger partial charge in [0, 0.05) is 6.42 Å². The van der Waals surface area contributed by atoms with Crippen molar-refractivity contribution in [2.75, 3.05) is 0 Å². The normalized spacial score (nSPS) is 12.1. The van der Waals surface area contributed by atoms with Crippen LogP contribution in [0.3, 0.4) is 0 Å². The largest absolute Gasteiger partial charge is 0.481 e. The first-order valence-electron chi connectivity index (χ1n) is 7.97. The third-order valence-corrected chi connectivity index (χ3v) is 3.09. The average Bonchev–Trinajstić information content (AvgIpc) is 2.43. The Morgan fingerprint density at radius 3 is 1.95 bits per heavy atom. The van der Waals surface area contributed by atoms with Gasteiger partial charge in [0.15, 0.2) is 0 Å². The molecule has 0 aromatic rings. The SMILES string of the molecule is CCCCCCCC\C=C/C=C/C=C/CCCC(=O)O. The first-order valence-corrected chi connectivity index (χ1v) is 7.97. The van der Waals surface area contributed by atoms with E-state index in [1.54, 1.807) is 0 Å². The maximum Gasteiger partial charge on any atom is 0.303 e. The van der Waals surface area contributed by atoms with Crippen LogP contribution in [0, 0.1) is 0 Å². The summed E-state index contributed by atoms with van der Waals surface area (Å²) in [5.74, 6) is -0.716. The summed E-state index contributed by atoms with van der Waals surface area (Å²) in [6, 6.07) is 0. The van der Waals surface area contributed by atoms with Gasteiger partial charge < -0.3 is 5.11 Å². The third-order valence-electron chi connectivity index (χ3n) is 3.09. The van der Waals surface area contributed by atoms with E-state index in [2.05, 4.69) is 19.1 Å². The van der Waals surface area contributed by atoms with Crippen molar-refractivity contribution in [3.8, 4) is 0 Å². The van der Waals surface area contributed by atoms with Gasteiger partial charge in [0.05, 0.1) is 0 Å². The quantitative estimate of drug-likeness (QED) is 0.348. The fourth-order valence-corrected chi connectivity index (χ4v) is 1.89. The van der Waals surface area contributed by atoms with Crippen LogP contribution in [0.4, 0.5) is 0 Å². The molecular weight excluding hydrogens is 248 g/mol. The molecule has 0 fully saturated rings. The second-order valence-corrected chi connectivity index (χ2v) is 5.08. The minimum absolute atomic E-state index is 0.256. The van der Waals surface area contributed by atoms with E-state index in [4.69, 9.17) is 5.11 Å². The Bertz CT molecular complexity index is 301. The van der Waals surface area contributed by atoms with Crippen LogP contribution >= 0.6 is 0 Å². The van der Waals surface area contributed by atoms with Crippen molar-refractivity contribution in [2.45, 2.75) is 71.1 Å². The Hall–Kier alpha value is -1.31. The number of carbonyl (C=O) groups is 1. The highest BCUT2D eigenvalue weighted by atomic mass is 16.4. The van der Waals surface area contributed by atoms with Gasteiger partial charge in [-0.3, -0.25) is 4.79 Å². The van der Waals surface area contributed by atoms with E-state index < -0.39 is 5.97 Å². The Morgan fingerprint density at radius 1 is 0.800 bits per heavy atom. The lowest BCUT2D eigenvalue weighted by Crippen LogP contribution is -1.92. The molecule has 1 N–H and O–H groups in total. The van der Waals surface area contributed by atoms with E-state index in [-0.39, 0.29) is 6.42 Å². The number of unbranched alkanes of at least 4 members (excludes halogenated alkanes) is 7. The second-order valence-electron chi connectivity index (χ2n) is 5.08. The van der Waals surface area contributed by atoms with Gasteiger partial charge >= 0.3 is 5.97 Å². The van der Waals surface area contributed by atoms with Gasteiger partial charge in [0.2, 0.25) is 0 Å². The van der Waals surface area contributed by atoms with Gasteiger partial charge in [0.1, 0.15) is 0 Å². The first kappa shape index (κ1) is 18.7. The van der Waals surface area contributed by atoms with Gasteiger partial charge in [0.25, 0.3) is 0 Å². The fraction of sp³-hybridized carbons (Fsp3) is 0.611. The van der Waals surface area contributed by atoms with Crippen LogP contribution in [0.2, 0.25) is 0 Å².